The SMILES string of the molecule is CC(C)[C@H]1CC[C@@H](N2CCC3(CC2)C(=O)N(CCNC(=N)N)Cc2cc(Cl)ccc23)CC1. The fourth-order valence-corrected chi connectivity index (χ4v) is 6.44. The zero-order valence-corrected chi connectivity index (χ0v) is 20.3. The van der Waals surface area contributed by atoms with Crippen LogP contribution in [0.15, 0.2) is 18.2 Å². The molecule has 1 amide bonds. The highest BCUT2D eigenvalue weighted by Gasteiger charge is 2.49. The number of fused-ring (bicyclic) bond motifs is 2. The summed E-state index contributed by atoms with van der Waals surface area (Å²) in [7, 11) is 0. The number of hydrogen-bond donors (Lipinski definition) is 3. The number of benzene rings is 1. The van der Waals surface area contributed by atoms with Crippen molar-refractivity contribution in [2.75, 3.05) is 26.2 Å². The van der Waals surface area contributed by atoms with Crippen molar-refractivity contribution >= 4 is 23.5 Å². The van der Waals surface area contributed by atoms with E-state index < -0.39 is 5.41 Å². The van der Waals surface area contributed by atoms with Gasteiger partial charge in [0.1, 0.15) is 0 Å². The molecule has 176 valence electrons. The smallest absolute Gasteiger partial charge is 0.233 e. The van der Waals surface area contributed by atoms with Gasteiger partial charge in [0.25, 0.3) is 0 Å². The van der Waals surface area contributed by atoms with Crippen LogP contribution in [0.4, 0.5) is 0 Å². The summed E-state index contributed by atoms with van der Waals surface area (Å²) in [6.07, 6.45) is 6.97. The Bertz CT molecular complexity index is 841. The van der Waals surface area contributed by atoms with Crippen LogP contribution in [0.2, 0.25) is 5.02 Å². The van der Waals surface area contributed by atoms with E-state index in [1.54, 1.807) is 0 Å². The molecule has 1 saturated carbocycles. The van der Waals surface area contributed by atoms with Crippen molar-refractivity contribution in [1.29, 1.82) is 5.41 Å². The minimum Gasteiger partial charge on any atom is -0.370 e. The molecule has 32 heavy (non-hydrogen) atoms. The molecule has 0 atom stereocenters. The Hall–Kier alpha value is -1.79. The zero-order chi connectivity index (χ0) is 22.9. The number of carbonyl (C=O) groups excluding carboxylic acids is 1. The fraction of sp³-hybridized carbons (Fsp3) is 0.680. The molecule has 1 saturated heterocycles. The van der Waals surface area contributed by atoms with Gasteiger partial charge in [-0.15, -0.1) is 0 Å². The number of guanidine groups is 1. The lowest BCUT2D eigenvalue weighted by Crippen LogP contribution is -2.58. The molecule has 2 heterocycles. The van der Waals surface area contributed by atoms with Gasteiger partial charge in [-0.25, -0.2) is 0 Å². The molecule has 1 aliphatic carbocycles. The van der Waals surface area contributed by atoms with Crippen LogP contribution in [0.3, 0.4) is 0 Å². The van der Waals surface area contributed by atoms with Gasteiger partial charge in [0, 0.05) is 30.7 Å². The van der Waals surface area contributed by atoms with Crippen molar-refractivity contribution in [3.8, 4) is 0 Å². The summed E-state index contributed by atoms with van der Waals surface area (Å²) in [4.78, 5) is 18.4. The standard InChI is InChI=1S/C25H38ClN5O/c1-17(2)18-3-6-21(7-4-18)30-12-9-25(10-13-30)22-8-5-20(26)15-19(22)16-31(23(25)32)14-11-29-24(27)28/h5,8,15,17-18,21H,3-4,6-7,9-14,16H2,1-2H3,(H4,27,28,29)/t18-,21+. The van der Waals surface area contributed by atoms with Crippen LogP contribution in [0.1, 0.15) is 63.5 Å². The van der Waals surface area contributed by atoms with E-state index in [1.807, 2.05) is 17.0 Å². The molecule has 7 heteroatoms. The van der Waals surface area contributed by atoms with E-state index >= 15 is 0 Å². The van der Waals surface area contributed by atoms with Crippen molar-refractivity contribution in [3.05, 3.63) is 34.3 Å². The molecular weight excluding hydrogens is 422 g/mol. The lowest BCUT2D eigenvalue weighted by Gasteiger charge is -2.49. The molecule has 1 spiro atoms. The molecule has 0 bridgehead atoms. The van der Waals surface area contributed by atoms with E-state index in [9.17, 15) is 4.79 Å². The second-order valence-corrected chi connectivity index (χ2v) is 10.7. The van der Waals surface area contributed by atoms with Gasteiger partial charge in [-0.3, -0.25) is 10.2 Å². The molecule has 0 radical (unpaired) electrons. The predicted molar refractivity (Wildman–Crippen MR) is 130 cm³/mol. The highest BCUT2D eigenvalue weighted by molar-refractivity contribution is 6.30. The van der Waals surface area contributed by atoms with Crippen LogP contribution in [0.25, 0.3) is 0 Å². The third-order valence-corrected chi connectivity index (χ3v) is 8.43. The van der Waals surface area contributed by atoms with Crippen LogP contribution in [0, 0.1) is 17.2 Å². The van der Waals surface area contributed by atoms with E-state index in [1.165, 1.54) is 31.2 Å². The van der Waals surface area contributed by atoms with Crippen molar-refractivity contribution in [2.24, 2.45) is 17.6 Å². The number of nitrogens with zero attached hydrogens (tertiary/aromatic N) is 2. The Kier molecular flexibility index (Phi) is 7.01. The maximum atomic E-state index is 13.8. The average Bonchev–Trinajstić information content (AvgIpc) is 2.77. The third kappa shape index (κ3) is 4.62. The first kappa shape index (κ1) is 23.4. The number of amides is 1. The van der Waals surface area contributed by atoms with Crippen LogP contribution in [-0.2, 0) is 16.8 Å². The van der Waals surface area contributed by atoms with Gasteiger partial charge in [0.15, 0.2) is 5.96 Å². The van der Waals surface area contributed by atoms with E-state index in [0.717, 1.165) is 48.4 Å². The Balaban J connectivity index is 1.49. The maximum absolute atomic E-state index is 13.8. The van der Waals surface area contributed by atoms with Crippen LogP contribution in [-0.4, -0.2) is 53.9 Å². The number of nitrogens with one attached hydrogen (secondary N) is 2. The number of hydrogen-bond acceptors (Lipinski definition) is 3. The van der Waals surface area contributed by atoms with Crippen molar-refractivity contribution in [3.63, 3.8) is 0 Å². The lowest BCUT2D eigenvalue weighted by molar-refractivity contribution is -0.142. The normalized spacial score (nSPS) is 25.8. The lowest BCUT2D eigenvalue weighted by atomic mass is 9.67. The fourth-order valence-electron chi connectivity index (χ4n) is 6.25. The van der Waals surface area contributed by atoms with E-state index in [-0.39, 0.29) is 11.9 Å². The number of carbonyl (C=O) groups is 1. The second kappa shape index (κ2) is 9.60. The van der Waals surface area contributed by atoms with Gasteiger partial charge < -0.3 is 20.9 Å². The first-order valence-corrected chi connectivity index (χ1v) is 12.6. The molecule has 1 aromatic rings. The first-order chi connectivity index (χ1) is 15.3. The number of rotatable bonds is 5. The van der Waals surface area contributed by atoms with Gasteiger partial charge in [-0.05, 0) is 86.7 Å². The summed E-state index contributed by atoms with van der Waals surface area (Å²) < 4.78 is 0. The molecule has 0 unspecified atom stereocenters. The van der Waals surface area contributed by atoms with E-state index in [4.69, 9.17) is 22.7 Å². The summed E-state index contributed by atoms with van der Waals surface area (Å²) in [5, 5.41) is 10.9. The second-order valence-electron chi connectivity index (χ2n) is 10.3. The van der Waals surface area contributed by atoms with Crippen LogP contribution >= 0.6 is 11.6 Å². The number of likely N-dealkylation sites (tertiary alicyclic amines) is 1. The number of halogens is 1. The molecule has 2 fully saturated rings. The molecule has 1 aromatic carbocycles. The maximum Gasteiger partial charge on any atom is 0.233 e. The Morgan fingerprint density at radius 2 is 1.94 bits per heavy atom. The topological polar surface area (TPSA) is 85.5 Å². The van der Waals surface area contributed by atoms with Gasteiger partial charge in [0.05, 0.1) is 5.41 Å². The predicted octanol–water partition coefficient (Wildman–Crippen LogP) is 3.71. The highest BCUT2D eigenvalue weighted by atomic mass is 35.5. The third-order valence-electron chi connectivity index (χ3n) is 8.19. The zero-order valence-electron chi connectivity index (χ0n) is 19.5. The first-order valence-electron chi connectivity index (χ1n) is 12.2. The average molecular weight is 460 g/mol. The summed E-state index contributed by atoms with van der Waals surface area (Å²) in [6, 6.07) is 6.71. The summed E-state index contributed by atoms with van der Waals surface area (Å²) in [5.41, 5.74) is 7.30. The Morgan fingerprint density at radius 1 is 1.25 bits per heavy atom. The molecule has 2 aliphatic heterocycles. The monoisotopic (exact) mass is 459 g/mol. The Labute approximate surface area is 197 Å². The van der Waals surface area contributed by atoms with Crippen LogP contribution < -0.4 is 11.1 Å². The van der Waals surface area contributed by atoms with Gasteiger partial charge in [0.2, 0.25) is 5.91 Å². The molecular formula is C25H38ClN5O. The van der Waals surface area contributed by atoms with Gasteiger partial charge in [-0.2, -0.15) is 0 Å². The van der Waals surface area contributed by atoms with Crippen molar-refractivity contribution in [1.82, 2.24) is 15.1 Å². The summed E-state index contributed by atoms with van der Waals surface area (Å²) in [6.45, 7) is 8.25. The summed E-state index contributed by atoms with van der Waals surface area (Å²) >= 11 is 6.32. The molecule has 0 aromatic heterocycles. The molecule has 6 nitrogen and oxygen atoms in total. The molecule has 4 rings (SSSR count). The molecule has 4 N–H and O–H groups in total. The van der Waals surface area contributed by atoms with Crippen molar-refractivity contribution < 1.29 is 4.79 Å². The summed E-state index contributed by atoms with van der Waals surface area (Å²) in [5.74, 6) is 1.82. The number of piperidine rings is 1. The minimum absolute atomic E-state index is 0.0619. The number of nitrogens with two attached hydrogens (primary N) is 1. The van der Waals surface area contributed by atoms with Gasteiger partial charge in [-0.1, -0.05) is 31.5 Å². The Morgan fingerprint density at radius 3 is 2.56 bits per heavy atom. The largest absolute Gasteiger partial charge is 0.370 e. The minimum atomic E-state index is -0.458. The molecule has 3 aliphatic rings. The van der Waals surface area contributed by atoms with Crippen LogP contribution in [0.5, 0.6) is 0 Å². The highest BCUT2D eigenvalue weighted by Crippen LogP contribution is 2.44. The van der Waals surface area contributed by atoms with Gasteiger partial charge >= 0.3 is 0 Å². The quantitative estimate of drug-likeness (QED) is 0.462. The van der Waals surface area contributed by atoms with Crippen molar-refractivity contribution in [2.45, 2.75) is 70.4 Å². The van der Waals surface area contributed by atoms with E-state index in [0.29, 0.717) is 25.7 Å². The van der Waals surface area contributed by atoms with E-state index in [2.05, 4.69) is 30.1 Å².